The van der Waals surface area contributed by atoms with E-state index in [4.69, 9.17) is 0 Å². The van der Waals surface area contributed by atoms with Crippen LogP contribution in [-0.2, 0) is 14.3 Å². The quantitative estimate of drug-likeness (QED) is 0.357. The Balaban J connectivity index is 2.34. The number of hydrogen-bond donors (Lipinski definition) is 0. The normalized spacial score (nSPS) is 28.0. The zero-order valence-corrected chi connectivity index (χ0v) is 11.7. The fourth-order valence-electron chi connectivity index (χ4n) is 3.25. The SMILES string of the molecule is COC(=O)C[C@H]1C[C@@H](C=O)[C@H](c2ccccc2)[C@H]1[N+](=O)[O-]. The van der Waals surface area contributed by atoms with Gasteiger partial charge in [0, 0.05) is 16.8 Å². The van der Waals surface area contributed by atoms with Gasteiger partial charge in [-0.05, 0) is 12.0 Å². The van der Waals surface area contributed by atoms with Crippen LogP contribution in [-0.4, -0.2) is 30.3 Å². The molecule has 1 fully saturated rings. The van der Waals surface area contributed by atoms with Crippen molar-refractivity contribution in [1.29, 1.82) is 0 Å². The average molecular weight is 291 g/mol. The number of nitro groups is 1. The maximum atomic E-state index is 11.5. The van der Waals surface area contributed by atoms with Gasteiger partial charge in [0.05, 0.1) is 19.4 Å². The van der Waals surface area contributed by atoms with E-state index in [1.165, 1.54) is 7.11 Å². The highest BCUT2D eigenvalue weighted by Gasteiger charge is 2.51. The van der Waals surface area contributed by atoms with Crippen molar-refractivity contribution in [2.45, 2.75) is 24.8 Å². The van der Waals surface area contributed by atoms with Crippen LogP contribution in [0.3, 0.4) is 0 Å². The monoisotopic (exact) mass is 291 g/mol. The average Bonchev–Trinajstić information content (AvgIpc) is 2.86. The fraction of sp³-hybridized carbons (Fsp3) is 0.467. The van der Waals surface area contributed by atoms with Gasteiger partial charge >= 0.3 is 5.97 Å². The Morgan fingerprint density at radius 3 is 2.62 bits per heavy atom. The Kier molecular flexibility index (Phi) is 4.67. The lowest BCUT2D eigenvalue weighted by Gasteiger charge is -2.18. The van der Waals surface area contributed by atoms with E-state index in [9.17, 15) is 19.7 Å². The molecule has 4 atom stereocenters. The van der Waals surface area contributed by atoms with Crippen LogP contribution in [0.15, 0.2) is 30.3 Å². The first kappa shape index (κ1) is 15.2. The standard InChI is InChI=1S/C15H17NO5/c1-21-13(18)8-11-7-12(9-17)14(15(11)16(19)20)10-5-3-2-4-6-10/h2-6,9,11-12,14-15H,7-8H2,1H3/t11-,12+,14+,15+/m1/s1. The highest BCUT2D eigenvalue weighted by molar-refractivity contribution is 5.70. The molecule has 1 saturated carbocycles. The van der Waals surface area contributed by atoms with Crippen LogP contribution < -0.4 is 0 Å². The Bertz CT molecular complexity index is 530. The molecule has 0 spiro atoms. The lowest BCUT2D eigenvalue weighted by Crippen LogP contribution is -2.31. The predicted molar refractivity (Wildman–Crippen MR) is 74.3 cm³/mol. The lowest BCUT2D eigenvalue weighted by molar-refractivity contribution is -0.532. The molecule has 1 aromatic carbocycles. The molecule has 0 unspecified atom stereocenters. The lowest BCUT2D eigenvalue weighted by atomic mass is 9.86. The third-order valence-electron chi connectivity index (χ3n) is 4.15. The van der Waals surface area contributed by atoms with Gasteiger partial charge in [-0.15, -0.1) is 0 Å². The van der Waals surface area contributed by atoms with Crippen molar-refractivity contribution in [3.63, 3.8) is 0 Å². The summed E-state index contributed by atoms with van der Waals surface area (Å²) in [6.07, 6.45) is 1.07. The van der Waals surface area contributed by atoms with Crippen LogP contribution in [0, 0.1) is 22.0 Å². The van der Waals surface area contributed by atoms with Crippen molar-refractivity contribution in [1.82, 2.24) is 0 Å². The highest BCUT2D eigenvalue weighted by atomic mass is 16.6. The Morgan fingerprint density at radius 2 is 2.10 bits per heavy atom. The summed E-state index contributed by atoms with van der Waals surface area (Å²) in [5.74, 6) is -1.90. The number of ether oxygens (including phenoxy) is 1. The van der Waals surface area contributed by atoms with Gasteiger partial charge in [0.15, 0.2) is 0 Å². The summed E-state index contributed by atoms with van der Waals surface area (Å²) in [6, 6.07) is 8.04. The number of esters is 1. The van der Waals surface area contributed by atoms with Crippen LogP contribution in [0.5, 0.6) is 0 Å². The first-order valence-corrected chi connectivity index (χ1v) is 6.79. The molecule has 112 valence electrons. The Morgan fingerprint density at radius 1 is 1.43 bits per heavy atom. The molecule has 0 heterocycles. The van der Waals surface area contributed by atoms with Gasteiger partial charge in [0.1, 0.15) is 6.29 Å². The van der Waals surface area contributed by atoms with Crippen molar-refractivity contribution in [3.05, 3.63) is 46.0 Å². The fourth-order valence-corrected chi connectivity index (χ4v) is 3.25. The molecule has 0 saturated heterocycles. The zero-order chi connectivity index (χ0) is 15.4. The summed E-state index contributed by atoms with van der Waals surface area (Å²) in [5.41, 5.74) is 0.767. The van der Waals surface area contributed by atoms with E-state index in [0.29, 0.717) is 6.42 Å². The third kappa shape index (κ3) is 3.09. The Hall–Kier alpha value is -2.24. The second-order valence-electron chi connectivity index (χ2n) is 5.29. The van der Waals surface area contributed by atoms with Crippen molar-refractivity contribution >= 4 is 12.3 Å². The van der Waals surface area contributed by atoms with Gasteiger partial charge in [-0.1, -0.05) is 30.3 Å². The first-order chi connectivity index (χ1) is 10.1. The van der Waals surface area contributed by atoms with Crippen molar-refractivity contribution in [2.75, 3.05) is 7.11 Å². The maximum Gasteiger partial charge on any atom is 0.306 e. The van der Waals surface area contributed by atoms with Gasteiger partial charge < -0.3 is 9.53 Å². The summed E-state index contributed by atoms with van der Waals surface area (Å²) in [4.78, 5) is 33.9. The number of carbonyl (C=O) groups is 2. The van der Waals surface area contributed by atoms with Crippen LogP contribution in [0.25, 0.3) is 0 Å². The van der Waals surface area contributed by atoms with Gasteiger partial charge in [0.25, 0.3) is 0 Å². The molecule has 0 aliphatic heterocycles. The molecule has 1 aromatic rings. The van der Waals surface area contributed by atoms with Crippen LogP contribution in [0.1, 0.15) is 24.3 Å². The minimum atomic E-state index is -0.943. The maximum absolute atomic E-state index is 11.5. The summed E-state index contributed by atoms with van der Waals surface area (Å²) in [6.45, 7) is 0. The molecule has 0 amide bonds. The van der Waals surface area contributed by atoms with Gasteiger partial charge in [-0.3, -0.25) is 14.9 Å². The summed E-state index contributed by atoms with van der Waals surface area (Å²) in [7, 11) is 1.25. The van der Waals surface area contributed by atoms with Crippen molar-refractivity contribution < 1.29 is 19.2 Å². The smallest absolute Gasteiger partial charge is 0.306 e. The largest absolute Gasteiger partial charge is 0.469 e. The van der Waals surface area contributed by atoms with E-state index in [0.717, 1.165) is 11.8 Å². The number of rotatable bonds is 5. The molecule has 6 nitrogen and oxygen atoms in total. The molecule has 1 aliphatic carbocycles. The molecule has 21 heavy (non-hydrogen) atoms. The molecular formula is C15H17NO5. The molecule has 1 aliphatic rings. The van der Waals surface area contributed by atoms with Crippen LogP contribution >= 0.6 is 0 Å². The highest BCUT2D eigenvalue weighted by Crippen LogP contribution is 2.45. The van der Waals surface area contributed by atoms with E-state index in [2.05, 4.69) is 4.74 Å². The second-order valence-corrected chi connectivity index (χ2v) is 5.29. The minimum Gasteiger partial charge on any atom is -0.469 e. The van der Waals surface area contributed by atoms with E-state index in [1.54, 1.807) is 24.3 Å². The third-order valence-corrected chi connectivity index (χ3v) is 4.15. The number of nitrogens with zero attached hydrogens (tertiary/aromatic N) is 1. The van der Waals surface area contributed by atoms with Crippen LogP contribution in [0.4, 0.5) is 0 Å². The topological polar surface area (TPSA) is 86.5 Å². The Labute approximate surface area is 122 Å². The number of hydrogen-bond acceptors (Lipinski definition) is 5. The van der Waals surface area contributed by atoms with E-state index in [1.807, 2.05) is 6.07 Å². The number of methoxy groups -OCH3 is 1. The molecule has 0 bridgehead atoms. The number of benzene rings is 1. The second kappa shape index (κ2) is 6.47. The van der Waals surface area contributed by atoms with Crippen molar-refractivity contribution in [2.24, 2.45) is 11.8 Å². The molecule has 0 aromatic heterocycles. The zero-order valence-electron chi connectivity index (χ0n) is 11.7. The van der Waals surface area contributed by atoms with E-state index < -0.39 is 29.8 Å². The van der Waals surface area contributed by atoms with Gasteiger partial charge in [-0.2, -0.15) is 0 Å². The summed E-state index contributed by atoms with van der Waals surface area (Å²) >= 11 is 0. The first-order valence-electron chi connectivity index (χ1n) is 6.79. The molecular weight excluding hydrogens is 274 g/mol. The van der Waals surface area contributed by atoms with E-state index in [-0.39, 0.29) is 11.3 Å². The van der Waals surface area contributed by atoms with Gasteiger partial charge in [0.2, 0.25) is 6.04 Å². The molecule has 2 rings (SSSR count). The molecule has 6 heteroatoms. The summed E-state index contributed by atoms with van der Waals surface area (Å²) in [5, 5.41) is 11.5. The molecule has 0 N–H and O–H groups in total. The molecule has 0 radical (unpaired) electrons. The predicted octanol–water partition coefficient (Wildman–Crippen LogP) is 1.81. The minimum absolute atomic E-state index is 0.0319. The van der Waals surface area contributed by atoms with Gasteiger partial charge in [-0.25, -0.2) is 0 Å². The van der Waals surface area contributed by atoms with Crippen molar-refractivity contribution in [3.8, 4) is 0 Å². The number of carbonyl (C=O) groups excluding carboxylic acids is 2. The number of aldehydes is 1. The van der Waals surface area contributed by atoms with E-state index >= 15 is 0 Å². The van der Waals surface area contributed by atoms with Crippen LogP contribution in [0.2, 0.25) is 0 Å². The summed E-state index contributed by atoms with van der Waals surface area (Å²) < 4.78 is 4.60.